The summed E-state index contributed by atoms with van der Waals surface area (Å²) in [6.45, 7) is 0. The Morgan fingerprint density at radius 3 is 2.20 bits per heavy atom. The molecule has 1 unspecified atom stereocenters. The molecule has 0 spiro atoms. The van der Waals surface area contributed by atoms with Gasteiger partial charge in [-0.3, -0.25) is 0 Å². The zero-order chi connectivity index (χ0) is 14.8. The fraction of sp³-hybridized carbons (Fsp3) is 0.200. The van der Waals surface area contributed by atoms with Crippen LogP contribution >= 0.6 is 11.6 Å². The first-order valence-electron chi connectivity index (χ1n) is 5.92. The van der Waals surface area contributed by atoms with Crippen molar-refractivity contribution in [2.24, 2.45) is 0 Å². The lowest BCUT2D eigenvalue weighted by Gasteiger charge is -2.11. The molecule has 0 bridgehead atoms. The van der Waals surface area contributed by atoms with Crippen molar-refractivity contribution >= 4 is 11.6 Å². The summed E-state index contributed by atoms with van der Waals surface area (Å²) >= 11 is 6.15. The van der Waals surface area contributed by atoms with Crippen molar-refractivity contribution in [2.75, 3.05) is 0 Å². The molecule has 0 N–H and O–H groups in total. The fourth-order valence-electron chi connectivity index (χ4n) is 1.86. The van der Waals surface area contributed by atoms with Gasteiger partial charge in [-0.2, -0.15) is 13.2 Å². The highest BCUT2D eigenvalue weighted by molar-refractivity contribution is 6.20. The van der Waals surface area contributed by atoms with Crippen molar-refractivity contribution in [1.29, 1.82) is 0 Å². The number of rotatable bonds is 3. The van der Waals surface area contributed by atoms with Gasteiger partial charge in [0.25, 0.3) is 0 Å². The Balaban J connectivity index is 2.10. The molecule has 5 heteroatoms. The van der Waals surface area contributed by atoms with Crippen LogP contribution in [0, 0.1) is 5.82 Å². The van der Waals surface area contributed by atoms with Gasteiger partial charge in [-0.1, -0.05) is 24.3 Å². The molecular weight excluding hydrogens is 292 g/mol. The Labute approximate surface area is 119 Å². The summed E-state index contributed by atoms with van der Waals surface area (Å²) in [4.78, 5) is 0. The quantitative estimate of drug-likeness (QED) is 0.528. The van der Waals surface area contributed by atoms with E-state index in [9.17, 15) is 17.6 Å². The van der Waals surface area contributed by atoms with Gasteiger partial charge in [-0.15, -0.1) is 11.6 Å². The molecule has 1 atom stereocenters. The summed E-state index contributed by atoms with van der Waals surface area (Å²) in [7, 11) is 0. The summed E-state index contributed by atoms with van der Waals surface area (Å²) in [5, 5.41) is -0.484. The summed E-state index contributed by atoms with van der Waals surface area (Å²) in [6.07, 6.45) is -4.01. The number of hydrogen-bond acceptors (Lipinski definition) is 0. The van der Waals surface area contributed by atoms with Gasteiger partial charge < -0.3 is 0 Å². The number of halogens is 5. The van der Waals surface area contributed by atoms with Crippen LogP contribution in [0.2, 0.25) is 0 Å². The van der Waals surface area contributed by atoms with Crippen LogP contribution in [0.5, 0.6) is 0 Å². The van der Waals surface area contributed by atoms with Gasteiger partial charge in [-0.05, 0) is 41.8 Å². The molecule has 2 aromatic carbocycles. The van der Waals surface area contributed by atoms with Gasteiger partial charge in [0, 0.05) is 0 Å². The maximum atomic E-state index is 13.1. The first-order chi connectivity index (χ1) is 9.36. The van der Waals surface area contributed by atoms with Crippen LogP contribution in [-0.4, -0.2) is 0 Å². The molecule has 0 aromatic heterocycles. The Kier molecular flexibility index (Phi) is 4.33. The first kappa shape index (κ1) is 14.9. The number of alkyl halides is 4. The Hall–Kier alpha value is -1.55. The van der Waals surface area contributed by atoms with E-state index in [1.54, 1.807) is 12.1 Å². The van der Waals surface area contributed by atoms with Crippen LogP contribution in [0.25, 0.3) is 0 Å². The molecule has 20 heavy (non-hydrogen) atoms. The number of hydrogen-bond donors (Lipinski definition) is 0. The van der Waals surface area contributed by atoms with Crippen LogP contribution in [0.15, 0.2) is 48.5 Å². The van der Waals surface area contributed by atoms with Crippen molar-refractivity contribution in [3.05, 3.63) is 71.0 Å². The van der Waals surface area contributed by atoms with Gasteiger partial charge >= 0.3 is 6.18 Å². The molecule has 0 saturated carbocycles. The van der Waals surface area contributed by atoms with Crippen molar-refractivity contribution in [1.82, 2.24) is 0 Å². The SMILES string of the molecule is Fc1cccc(C(Cl)Cc2ccc(C(F)(F)F)cc2)c1. The van der Waals surface area contributed by atoms with E-state index in [0.29, 0.717) is 17.5 Å². The van der Waals surface area contributed by atoms with E-state index >= 15 is 0 Å². The van der Waals surface area contributed by atoms with Crippen molar-refractivity contribution in [2.45, 2.75) is 18.0 Å². The molecule has 0 aliphatic heterocycles. The largest absolute Gasteiger partial charge is 0.416 e. The van der Waals surface area contributed by atoms with Crippen LogP contribution in [0.3, 0.4) is 0 Å². The molecule has 0 aliphatic rings. The monoisotopic (exact) mass is 302 g/mol. The summed E-state index contributed by atoms with van der Waals surface area (Å²) in [5.74, 6) is -0.388. The van der Waals surface area contributed by atoms with Crippen LogP contribution in [0.1, 0.15) is 22.1 Å². The summed E-state index contributed by atoms with van der Waals surface area (Å²) in [5.41, 5.74) is 0.576. The maximum Gasteiger partial charge on any atom is 0.416 e. The van der Waals surface area contributed by atoms with Gasteiger partial charge in [0.1, 0.15) is 5.82 Å². The Bertz CT molecular complexity index is 575. The molecule has 0 saturated heterocycles. The average molecular weight is 303 g/mol. The van der Waals surface area contributed by atoms with Crippen molar-refractivity contribution in [3.8, 4) is 0 Å². The first-order valence-corrected chi connectivity index (χ1v) is 6.35. The van der Waals surface area contributed by atoms with E-state index < -0.39 is 17.1 Å². The lowest BCUT2D eigenvalue weighted by Crippen LogP contribution is -2.05. The molecule has 0 nitrogen and oxygen atoms in total. The zero-order valence-corrected chi connectivity index (χ0v) is 11.0. The normalized spacial score (nSPS) is 13.2. The van der Waals surface area contributed by atoms with E-state index in [4.69, 9.17) is 11.6 Å². The molecule has 0 amide bonds. The third-order valence-corrected chi connectivity index (χ3v) is 3.31. The topological polar surface area (TPSA) is 0 Å². The molecule has 0 heterocycles. The average Bonchev–Trinajstić information content (AvgIpc) is 2.38. The van der Waals surface area contributed by atoms with E-state index in [0.717, 1.165) is 12.1 Å². The molecule has 2 aromatic rings. The molecule has 0 radical (unpaired) electrons. The second-order valence-electron chi connectivity index (χ2n) is 4.42. The van der Waals surface area contributed by atoms with Crippen LogP contribution < -0.4 is 0 Å². The smallest absolute Gasteiger partial charge is 0.207 e. The lowest BCUT2D eigenvalue weighted by atomic mass is 10.0. The molecule has 2 rings (SSSR count). The summed E-state index contributed by atoms with van der Waals surface area (Å²) in [6, 6.07) is 10.7. The second-order valence-corrected chi connectivity index (χ2v) is 4.95. The van der Waals surface area contributed by atoms with Crippen molar-refractivity contribution < 1.29 is 17.6 Å². The predicted octanol–water partition coefficient (Wildman–Crippen LogP) is 5.37. The van der Waals surface area contributed by atoms with E-state index in [2.05, 4.69) is 0 Å². The van der Waals surface area contributed by atoms with Crippen molar-refractivity contribution in [3.63, 3.8) is 0 Å². The highest BCUT2D eigenvalue weighted by Crippen LogP contribution is 2.30. The Morgan fingerprint density at radius 2 is 1.65 bits per heavy atom. The minimum Gasteiger partial charge on any atom is -0.207 e. The third kappa shape index (κ3) is 3.73. The highest BCUT2D eigenvalue weighted by atomic mass is 35.5. The van der Waals surface area contributed by atoms with Gasteiger partial charge in [-0.25, -0.2) is 4.39 Å². The molecule has 0 aliphatic carbocycles. The minimum absolute atomic E-state index is 0.336. The van der Waals surface area contributed by atoms with Gasteiger partial charge in [0.15, 0.2) is 0 Å². The van der Waals surface area contributed by atoms with Crippen LogP contribution in [0.4, 0.5) is 17.6 Å². The highest BCUT2D eigenvalue weighted by Gasteiger charge is 2.29. The van der Waals surface area contributed by atoms with E-state index in [1.165, 1.54) is 24.3 Å². The zero-order valence-electron chi connectivity index (χ0n) is 10.3. The number of benzene rings is 2. The molecule has 0 fully saturated rings. The minimum atomic E-state index is -4.35. The van der Waals surface area contributed by atoms with E-state index in [-0.39, 0.29) is 5.82 Å². The van der Waals surface area contributed by atoms with Gasteiger partial charge in [0.2, 0.25) is 0 Å². The van der Waals surface area contributed by atoms with E-state index in [1.807, 2.05) is 0 Å². The summed E-state index contributed by atoms with van der Waals surface area (Å²) < 4.78 is 50.3. The second kappa shape index (κ2) is 5.83. The molecule has 106 valence electrons. The third-order valence-electron chi connectivity index (χ3n) is 2.91. The molecular formula is C15H11ClF4. The standard InChI is InChI=1S/C15H11ClF4/c16-14(11-2-1-3-13(17)9-11)8-10-4-6-12(7-5-10)15(18,19)20/h1-7,9,14H,8H2. The lowest BCUT2D eigenvalue weighted by molar-refractivity contribution is -0.137. The van der Waals surface area contributed by atoms with Gasteiger partial charge in [0.05, 0.1) is 10.9 Å². The maximum absolute atomic E-state index is 13.1. The van der Waals surface area contributed by atoms with Crippen LogP contribution in [-0.2, 0) is 12.6 Å². The predicted molar refractivity (Wildman–Crippen MR) is 70.1 cm³/mol. The Morgan fingerprint density at radius 1 is 1.00 bits per heavy atom. The fourth-order valence-corrected chi connectivity index (χ4v) is 2.17.